The van der Waals surface area contributed by atoms with E-state index in [0.29, 0.717) is 0 Å². The summed E-state index contributed by atoms with van der Waals surface area (Å²) in [5, 5.41) is 0.378. The molecule has 3 rings (SSSR count). The number of rotatable bonds is 5. The highest BCUT2D eigenvalue weighted by atomic mass is 35.5. The molecule has 1 N–H and O–H groups in total. The van der Waals surface area contributed by atoms with E-state index in [-0.39, 0.29) is 39.0 Å². The molecule has 0 saturated carbocycles. The summed E-state index contributed by atoms with van der Waals surface area (Å²) in [7, 11) is 0. The van der Waals surface area contributed by atoms with Crippen molar-refractivity contribution in [2.24, 2.45) is 0 Å². The molecule has 2 heterocycles. The topological polar surface area (TPSA) is 84.8 Å². The number of H-pyrrole nitrogens is 1. The smallest absolute Gasteiger partial charge is 0.287 e. The van der Waals surface area contributed by atoms with Crippen molar-refractivity contribution in [3.8, 4) is 0 Å². The van der Waals surface area contributed by atoms with Crippen molar-refractivity contribution in [2.75, 3.05) is 0 Å². The molecule has 0 saturated heterocycles. The first-order valence-electron chi connectivity index (χ1n) is 8.76. The summed E-state index contributed by atoms with van der Waals surface area (Å²) in [4.78, 5) is 43.6. The van der Waals surface area contributed by atoms with Crippen LogP contribution in [0.3, 0.4) is 0 Å². The molecule has 0 aliphatic rings. The molecule has 30 heavy (non-hydrogen) atoms. The van der Waals surface area contributed by atoms with E-state index in [1.807, 2.05) is 0 Å². The summed E-state index contributed by atoms with van der Waals surface area (Å²) in [5.74, 6) is -3.29. The van der Waals surface area contributed by atoms with Crippen molar-refractivity contribution in [3.63, 3.8) is 0 Å². The van der Waals surface area contributed by atoms with Gasteiger partial charge in [0.1, 0.15) is 5.69 Å². The zero-order chi connectivity index (χ0) is 22.2. The maximum absolute atomic E-state index is 13.5. The van der Waals surface area contributed by atoms with E-state index in [1.54, 1.807) is 13.8 Å². The molecule has 156 valence electrons. The Kier molecular flexibility index (Phi) is 6.19. The Labute approximate surface area is 179 Å². The van der Waals surface area contributed by atoms with E-state index < -0.39 is 34.8 Å². The lowest BCUT2D eigenvalue weighted by molar-refractivity contribution is 0.102. The number of nitrogens with one attached hydrogen (secondary N) is 1. The van der Waals surface area contributed by atoms with Crippen LogP contribution < -0.4 is 11.2 Å². The van der Waals surface area contributed by atoms with Gasteiger partial charge in [-0.3, -0.25) is 19.1 Å². The third-order valence-corrected chi connectivity index (χ3v) is 4.75. The zero-order valence-corrected chi connectivity index (χ0v) is 17.3. The Morgan fingerprint density at radius 2 is 1.63 bits per heavy atom. The van der Waals surface area contributed by atoms with E-state index in [9.17, 15) is 23.2 Å². The first-order valence-corrected chi connectivity index (χ1v) is 9.52. The van der Waals surface area contributed by atoms with Crippen LogP contribution in [0.2, 0.25) is 10.0 Å². The second-order valence-electron chi connectivity index (χ2n) is 6.87. The van der Waals surface area contributed by atoms with Crippen LogP contribution in [0.1, 0.15) is 46.9 Å². The van der Waals surface area contributed by atoms with Gasteiger partial charge < -0.3 is 0 Å². The van der Waals surface area contributed by atoms with E-state index in [2.05, 4.69) is 9.97 Å². The predicted molar refractivity (Wildman–Crippen MR) is 109 cm³/mol. The molecule has 6 nitrogen and oxygen atoms in total. The number of carbonyl (C=O) groups is 1. The Bertz CT molecular complexity index is 1230. The molecular formula is C20H15Cl2F2N3O3. The number of nitrogens with zero attached hydrogens (tertiary/aromatic N) is 2. The largest absolute Gasteiger partial charge is 0.329 e. The number of carbonyl (C=O) groups excluding carboxylic acids is 1. The van der Waals surface area contributed by atoms with Gasteiger partial charge in [-0.25, -0.2) is 4.79 Å². The first kappa shape index (κ1) is 21.9. The van der Waals surface area contributed by atoms with E-state index in [0.717, 1.165) is 16.7 Å². The van der Waals surface area contributed by atoms with Crippen LogP contribution in [-0.4, -0.2) is 20.3 Å². The number of benzene rings is 1. The van der Waals surface area contributed by atoms with Crippen LogP contribution in [0.25, 0.3) is 0 Å². The maximum atomic E-state index is 13.5. The molecule has 0 unspecified atom stereocenters. The van der Waals surface area contributed by atoms with Gasteiger partial charge in [-0.05, 0) is 41.8 Å². The summed E-state index contributed by atoms with van der Waals surface area (Å²) >= 11 is 12.0. The van der Waals surface area contributed by atoms with Gasteiger partial charge in [-0.2, -0.15) is 13.8 Å². The third kappa shape index (κ3) is 4.49. The average molecular weight is 454 g/mol. The standard InChI is InChI=1S/C20H15Cl2F2N3O3/c1-9(2)16-17(18(28)11-5-12(21)7-13(22)6-11)27(20(30)26-19(16)29)8-10-3-14(23)25-15(24)4-10/h3-7,9H,8H2,1-2H3,(H,26,29,30). The Morgan fingerprint density at radius 1 is 1.07 bits per heavy atom. The number of ketones is 1. The van der Waals surface area contributed by atoms with Crippen molar-refractivity contribution >= 4 is 29.0 Å². The minimum absolute atomic E-state index is 0.0435. The fourth-order valence-corrected chi connectivity index (χ4v) is 3.65. The van der Waals surface area contributed by atoms with Gasteiger partial charge in [0, 0.05) is 21.2 Å². The van der Waals surface area contributed by atoms with E-state index >= 15 is 0 Å². The average Bonchev–Trinajstić information content (AvgIpc) is 2.61. The van der Waals surface area contributed by atoms with Crippen LogP contribution >= 0.6 is 23.2 Å². The van der Waals surface area contributed by atoms with Gasteiger partial charge in [-0.15, -0.1) is 0 Å². The molecule has 0 spiro atoms. The molecule has 0 aliphatic carbocycles. The lowest BCUT2D eigenvalue weighted by atomic mass is 9.97. The molecule has 0 atom stereocenters. The summed E-state index contributed by atoms with van der Waals surface area (Å²) in [6.07, 6.45) is 0. The zero-order valence-electron chi connectivity index (χ0n) is 15.8. The van der Waals surface area contributed by atoms with Gasteiger partial charge >= 0.3 is 5.69 Å². The molecule has 0 radical (unpaired) electrons. The summed E-state index contributed by atoms with van der Waals surface area (Å²) in [6.45, 7) is 2.97. The highest BCUT2D eigenvalue weighted by Gasteiger charge is 2.25. The minimum Gasteiger partial charge on any atom is -0.287 e. The Balaban J connectivity index is 2.29. The third-order valence-electron chi connectivity index (χ3n) is 4.32. The Morgan fingerprint density at radius 3 is 2.17 bits per heavy atom. The van der Waals surface area contributed by atoms with Crippen LogP contribution in [-0.2, 0) is 6.54 Å². The molecule has 1 aromatic carbocycles. The van der Waals surface area contributed by atoms with E-state index in [1.165, 1.54) is 18.2 Å². The van der Waals surface area contributed by atoms with E-state index in [4.69, 9.17) is 23.2 Å². The second kappa shape index (κ2) is 8.49. The SMILES string of the molecule is CC(C)c1c(C(=O)c2cc(Cl)cc(Cl)c2)n(Cc2cc(F)nc(F)c2)c(=O)[nH]c1=O. The van der Waals surface area contributed by atoms with Gasteiger partial charge in [-0.1, -0.05) is 37.0 Å². The quantitative estimate of drug-likeness (QED) is 0.468. The number of aromatic amines is 1. The number of halogens is 4. The first-order chi connectivity index (χ1) is 14.1. The summed E-state index contributed by atoms with van der Waals surface area (Å²) in [6, 6.07) is 5.99. The van der Waals surface area contributed by atoms with Crippen molar-refractivity contribution in [1.82, 2.24) is 14.5 Å². The van der Waals surface area contributed by atoms with Gasteiger partial charge in [0.25, 0.3) is 5.56 Å². The maximum Gasteiger partial charge on any atom is 0.329 e. The lowest BCUT2D eigenvalue weighted by Gasteiger charge is -2.17. The highest BCUT2D eigenvalue weighted by Crippen LogP contribution is 2.24. The summed E-state index contributed by atoms with van der Waals surface area (Å²) in [5.41, 5.74) is -1.70. The molecule has 0 bridgehead atoms. The number of hydrogen-bond donors (Lipinski definition) is 1. The fourth-order valence-electron chi connectivity index (χ4n) is 3.13. The molecule has 2 aromatic heterocycles. The van der Waals surface area contributed by atoms with Gasteiger partial charge in [0.2, 0.25) is 17.7 Å². The minimum atomic E-state index is -1.08. The highest BCUT2D eigenvalue weighted by molar-refractivity contribution is 6.35. The predicted octanol–water partition coefficient (Wildman–Crippen LogP) is 3.92. The van der Waals surface area contributed by atoms with Crippen molar-refractivity contribution in [1.29, 1.82) is 0 Å². The number of aromatic nitrogens is 3. The molecular weight excluding hydrogens is 439 g/mol. The van der Waals surface area contributed by atoms with Crippen LogP contribution in [0, 0.1) is 11.9 Å². The number of pyridine rings is 1. The van der Waals surface area contributed by atoms with Crippen LogP contribution in [0.15, 0.2) is 39.9 Å². The van der Waals surface area contributed by atoms with Crippen molar-refractivity contribution in [3.05, 3.63) is 95.5 Å². The van der Waals surface area contributed by atoms with Crippen LogP contribution in [0.4, 0.5) is 8.78 Å². The molecule has 3 aromatic rings. The Hall–Kier alpha value is -2.84. The summed E-state index contributed by atoms with van der Waals surface area (Å²) < 4.78 is 28.0. The monoisotopic (exact) mass is 453 g/mol. The molecule has 0 fully saturated rings. The van der Waals surface area contributed by atoms with Crippen molar-refractivity contribution in [2.45, 2.75) is 26.3 Å². The lowest BCUT2D eigenvalue weighted by Crippen LogP contribution is -2.38. The van der Waals surface area contributed by atoms with Gasteiger partial charge in [0.05, 0.1) is 6.54 Å². The molecule has 10 heteroatoms. The van der Waals surface area contributed by atoms with Crippen molar-refractivity contribution < 1.29 is 13.6 Å². The van der Waals surface area contributed by atoms with Gasteiger partial charge in [0.15, 0.2) is 0 Å². The number of hydrogen-bond acceptors (Lipinski definition) is 4. The molecule has 0 amide bonds. The molecule has 0 aliphatic heterocycles. The fraction of sp³-hybridized carbons (Fsp3) is 0.200. The van der Waals surface area contributed by atoms with Crippen LogP contribution in [0.5, 0.6) is 0 Å². The second-order valence-corrected chi connectivity index (χ2v) is 7.74. The normalized spacial score (nSPS) is 11.2.